The van der Waals surface area contributed by atoms with Gasteiger partial charge in [-0.05, 0) is 50.5 Å². The topological polar surface area (TPSA) is 56.6 Å². The molecule has 0 radical (unpaired) electrons. The summed E-state index contributed by atoms with van der Waals surface area (Å²) in [7, 11) is 0. The number of benzene rings is 1. The number of aromatic nitrogens is 2. The number of nitrogens with zero attached hydrogens (tertiary/aromatic N) is 5. The highest BCUT2D eigenvalue weighted by Gasteiger charge is 2.23. The van der Waals surface area contributed by atoms with Gasteiger partial charge in [-0.2, -0.15) is 0 Å². The van der Waals surface area contributed by atoms with Gasteiger partial charge in [0.15, 0.2) is 3.95 Å². The van der Waals surface area contributed by atoms with Crippen molar-refractivity contribution >= 4 is 40.3 Å². The first-order chi connectivity index (χ1) is 14.6. The van der Waals surface area contributed by atoms with Gasteiger partial charge in [0, 0.05) is 45.0 Å². The summed E-state index contributed by atoms with van der Waals surface area (Å²) in [6.07, 6.45) is 3.55. The molecule has 30 heavy (non-hydrogen) atoms. The maximum Gasteiger partial charge on any atom is 0.236 e. The van der Waals surface area contributed by atoms with Crippen LogP contribution in [-0.4, -0.2) is 76.2 Å². The first-order valence-electron chi connectivity index (χ1n) is 10.7. The van der Waals surface area contributed by atoms with Crippen molar-refractivity contribution in [2.24, 2.45) is 0 Å². The van der Waals surface area contributed by atoms with Gasteiger partial charge in [-0.25, -0.2) is 4.68 Å². The minimum atomic E-state index is 0.289. The van der Waals surface area contributed by atoms with Crippen LogP contribution in [0.15, 0.2) is 24.3 Å². The Balaban J connectivity index is 1.25. The van der Waals surface area contributed by atoms with Gasteiger partial charge in [0.1, 0.15) is 0 Å². The van der Waals surface area contributed by atoms with Crippen LogP contribution < -0.4 is 5.32 Å². The Morgan fingerprint density at radius 1 is 1.03 bits per heavy atom. The van der Waals surface area contributed by atoms with Gasteiger partial charge in [0.2, 0.25) is 11.0 Å². The van der Waals surface area contributed by atoms with Gasteiger partial charge >= 0.3 is 0 Å². The van der Waals surface area contributed by atoms with Crippen molar-refractivity contribution in [1.29, 1.82) is 0 Å². The summed E-state index contributed by atoms with van der Waals surface area (Å²) in [5, 5.41) is 8.81. The Labute approximate surface area is 187 Å². The number of nitrogens with one attached hydrogen (secondary N) is 1. The summed E-state index contributed by atoms with van der Waals surface area (Å²) in [6.45, 7) is 8.84. The van der Waals surface area contributed by atoms with E-state index >= 15 is 0 Å². The molecule has 0 spiro atoms. The number of rotatable bonds is 6. The molecule has 0 saturated carbocycles. The maximum absolute atomic E-state index is 12.5. The molecule has 9 heteroatoms. The summed E-state index contributed by atoms with van der Waals surface area (Å²) in [6, 6.07) is 8.26. The fourth-order valence-corrected chi connectivity index (χ4v) is 4.93. The normalized spacial score (nSPS) is 18.5. The second kappa shape index (κ2) is 10.00. The molecule has 2 saturated heterocycles. The molecule has 4 rings (SSSR count). The van der Waals surface area contributed by atoms with Gasteiger partial charge < -0.3 is 10.2 Å². The standard InChI is InChI=1S/C21H30N6OS2/c1-17-5-7-18(8-6-17)22-20-23-27(21(29)30-20)16-25-13-11-24(12-14-25)15-19(28)26-9-3-2-4-10-26/h5-8H,2-4,9-16H2,1H3,(H,22,23). The number of amides is 1. The predicted octanol–water partition coefficient (Wildman–Crippen LogP) is 3.31. The van der Waals surface area contributed by atoms with E-state index in [4.69, 9.17) is 12.2 Å². The fourth-order valence-electron chi connectivity index (χ4n) is 3.92. The molecular weight excluding hydrogens is 416 g/mol. The van der Waals surface area contributed by atoms with E-state index < -0.39 is 0 Å². The molecule has 0 aliphatic carbocycles. The molecule has 1 aromatic carbocycles. The number of hydrogen-bond donors (Lipinski definition) is 1. The monoisotopic (exact) mass is 446 g/mol. The molecule has 1 aromatic heterocycles. The van der Waals surface area contributed by atoms with Crippen molar-refractivity contribution < 1.29 is 4.79 Å². The third-order valence-corrected chi connectivity index (χ3v) is 7.00. The molecule has 2 aliphatic rings. The van der Waals surface area contributed by atoms with Crippen molar-refractivity contribution in [3.8, 4) is 0 Å². The highest BCUT2D eigenvalue weighted by molar-refractivity contribution is 7.73. The van der Waals surface area contributed by atoms with E-state index in [1.807, 2.05) is 9.58 Å². The average molecular weight is 447 g/mol. The van der Waals surface area contributed by atoms with Crippen molar-refractivity contribution in [2.75, 3.05) is 51.1 Å². The van der Waals surface area contributed by atoms with E-state index in [-0.39, 0.29) is 5.91 Å². The molecule has 0 unspecified atom stereocenters. The van der Waals surface area contributed by atoms with Crippen molar-refractivity contribution in [3.63, 3.8) is 0 Å². The van der Waals surface area contributed by atoms with Crippen LogP contribution in [0.3, 0.4) is 0 Å². The molecule has 2 fully saturated rings. The van der Waals surface area contributed by atoms with Gasteiger partial charge in [-0.1, -0.05) is 29.0 Å². The van der Waals surface area contributed by atoms with E-state index in [1.165, 1.54) is 23.3 Å². The number of piperidine rings is 1. The van der Waals surface area contributed by atoms with E-state index in [0.717, 1.165) is 66.9 Å². The maximum atomic E-state index is 12.5. The van der Waals surface area contributed by atoms with E-state index in [1.54, 1.807) is 0 Å². The predicted molar refractivity (Wildman–Crippen MR) is 124 cm³/mol. The molecule has 162 valence electrons. The number of piperazine rings is 1. The fraction of sp³-hybridized carbons (Fsp3) is 0.571. The molecule has 1 N–H and O–H groups in total. The molecular formula is C21H30N6OS2. The zero-order valence-corrected chi connectivity index (χ0v) is 19.2. The van der Waals surface area contributed by atoms with Crippen LogP contribution >= 0.6 is 23.6 Å². The van der Waals surface area contributed by atoms with Gasteiger partial charge in [-0.3, -0.25) is 14.6 Å². The number of anilines is 2. The van der Waals surface area contributed by atoms with Crippen molar-refractivity contribution in [3.05, 3.63) is 33.8 Å². The molecule has 0 bridgehead atoms. The Morgan fingerprint density at radius 3 is 2.40 bits per heavy atom. The highest BCUT2D eigenvalue weighted by Crippen LogP contribution is 2.21. The number of likely N-dealkylation sites (tertiary alicyclic amines) is 1. The second-order valence-corrected chi connectivity index (χ2v) is 9.76. The van der Waals surface area contributed by atoms with Gasteiger partial charge in [-0.15, -0.1) is 5.10 Å². The van der Waals surface area contributed by atoms with Gasteiger partial charge in [0.05, 0.1) is 13.2 Å². The largest absolute Gasteiger partial charge is 0.342 e. The summed E-state index contributed by atoms with van der Waals surface area (Å²) < 4.78 is 2.66. The molecule has 0 atom stereocenters. The molecule has 3 heterocycles. The lowest BCUT2D eigenvalue weighted by Gasteiger charge is -2.35. The zero-order valence-electron chi connectivity index (χ0n) is 17.5. The van der Waals surface area contributed by atoms with Crippen LogP contribution in [0.5, 0.6) is 0 Å². The Morgan fingerprint density at radius 2 is 1.70 bits per heavy atom. The lowest BCUT2D eigenvalue weighted by molar-refractivity contribution is -0.133. The third kappa shape index (κ3) is 5.66. The molecule has 2 aromatic rings. The minimum absolute atomic E-state index is 0.289. The smallest absolute Gasteiger partial charge is 0.236 e. The van der Waals surface area contributed by atoms with Crippen LogP contribution in [0.2, 0.25) is 0 Å². The Kier molecular flexibility index (Phi) is 7.14. The van der Waals surface area contributed by atoms with E-state index in [0.29, 0.717) is 13.2 Å². The number of carbonyl (C=O) groups is 1. The van der Waals surface area contributed by atoms with Crippen LogP contribution in [-0.2, 0) is 11.5 Å². The average Bonchev–Trinajstić information content (AvgIpc) is 3.10. The lowest BCUT2D eigenvalue weighted by atomic mass is 10.1. The molecule has 7 nitrogen and oxygen atoms in total. The first-order valence-corrected chi connectivity index (χ1v) is 11.9. The third-order valence-electron chi connectivity index (χ3n) is 5.78. The minimum Gasteiger partial charge on any atom is -0.342 e. The van der Waals surface area contributed by atoms with Crippen LogP contribution in [0.25, 0.3) is 0 Å². The first kappa shape index (κ1) is 21.4. The van der Waals surface area contributed by atoms with E-state index in [2.05, 4.69) is 51.4 Å². The number of aryl methyl sites for hydroxylation is 1. The van der Waals surface area contributed by atoms with Crippen LogP contribution in [0, 0.1) is 10.9 Å². The summed E-state index contributed by atoms with van der Waals surface area (Å²) in [4.78, 5) is 19.2. The number of carbonyl (C=O) groups excluding carboxylic acids is 1. The zero-order chi connectivity index (χ0) is 20.9. The molecule has 2 aliphatic heterocycles. The summed E-state index contributed by atoms with van der Waals surface area (Å²) in [5.41, 5.74) is 2.25. The van der Waals surface area contributed by atoms with E-state index in [9.17, 15) is 4.79 Å². The SMILES string of the molecule is Cc1ccc(Nc2nn(CN3CCN(CC(=O)N4CCCCC4)CC3)c(=S)s2)cc1. The quantitative estimate of drug-likeness (QED) is 0.687. The Bertz CT molecular complexity index is 895. The summed E-state index contributed by atoms with van der Waals surface area (Å²) in [5.74, 6) is 0.289. The number of hydrogen-bond acceptors (Lipinski definition) is 7. The second-order valence-electron chi connectivity index (χ2n) is 8.14. The molecule has 1 amide bonds. The van der Waals surface area contributed by atoms with Crippen LogP contribution in [0.4, 0.5) is 10.8 Å². The van der Waals surface area contributed by atoms with Crippen LogP contribution in [0.1, 0.15) is 24.8 Å². The van der Waals surface area contributed by atoms with Gasteiger partial charge in [0.25, 0.3) is 0 Å². The highest BCUT2D eigenvalue weighted by atomic mass is 32.1. The summed E-state index contributed by atoms with van der Waals surface area (Å²) >= 11 is 7.02. The lowest BCUT2D eigenvalue weighted by Crippen LogP contribution is -2.50. The Hall–Kier alpha value is -1.81. The van der Waals surface area contributed by atoms with Crippen molar-refractivity contribution in [2.45, 2.75) is 32.9 Å². The van der Waals surface area contributed by atoms with Crippen molar-refractivity contribution in [1.82, 2.24) is 24.5 Å².